The lowest BCUT2D eigenvalue weighted by Gasteiger charge is -2.04. The van der Waals surface area contributed by atoms with E-state index in [1.54, 1.807) is 23.5 Å². The van der Waals surface area contributed by atoms with Crippen LogP contribution in [0, 0.1) is 0 Å². The topological polar surface area (TPSA) is 71.5 Å². The summed E-state index contributed by atoms with van der Waals surface area (Å²) in [5, 5.41) is 12.1. The van der Waals surface area contributed by atoms with E-state index in [0.717, 1.165) is 19.5 Å². The fraction of sp³-hybridized carbons (Fsp3) is 0. The average Bonchev–Trinajstić information content (AvgIpc) is 2.88. The number of fused-ring (bicyclic) bond motifs is 1. The highest BCUT2D eigenvalue weighted by atomic mass is 35.5. The third kappa shape index (κ3) is 2.97. The first kappa shape index (κ1) is 14.2. The predicted molar refractivity (Wildman–Crippen MR) is 87.7 cm³/mol. The van der Waals surface area contributed by atoms with Gasteiger partial charge < -0.3 is 10.9 Å². The minimum absolute atomic E-state index is 0.00321. The molecule has 106 valence electrons. The smallest absolute Gasteiger partial charge is 0.171 e. The van der Waals surface area contributed by atoms with Gasteiger partial charge in [-0.3, -0.25) is 0 Å². The van der Waals surface area contributed by atoms with Gasteiger partial charge in [0, 0.05) is 10.5 Å². The Morgan fingerprint density at radius 1 is 1.29 bits per heavy atom. The van der Waals surface area contributed by atoms with Gasteiger partial charge in [0.1, 0.15) is 0 Å². The Morgan fingerprint density at radius 3 is 2.81 bits per heavy atom. The van der Waals surface area contributed by atoms with Gasteiger partial charge in [-0.1, -0.05) is 40.7 Å². The minimum atomic E-state index is -0.00321. The van der Waals surface area contributed by atoms with Crippen molar-refractivity contribution in [3.05, 3.63) is 53.1 Å². The SMILES string of the molecule is NC(=NO)c1ccc(Sc2nc3ccccc3s2)cc1Cl. The second kappa shape index (κ2) is 5.93. The number of oxime groups is 1. The second-order valence-electron chi connectivity index (χ2n) is 4.18. The van der Waals surface area contributed by atoms with Crippen molar-refractivity contribution in [2.45, 2.75) is 9.24 Å². The Labute approximate surface area is 134 Å². The molecule has 3 aromatic rings. The summed E-state index contributed by atoms with van der Waals surface area (Å²) in [6.07, 6.45) is 0. The quantitative estimate of drug-likeness (QED) is 0.326. The maximum absolute atomic E-state index is 8.69. The molecule has 0 saturated carbocycles. The van der Waals surface area contributed by atoms with Crippen LogP contribution in [-0.4, -0.2) is 16.0 Å². The lowest BCUT2D eigenvalue weighted by Crippen LogP contribution is -2.13. The van der Waals surface area contributed by atoms with Crippen molar-refractivity contribution in [1.82, 2.24) is 4.98 Å². The third-order valence-electron chi connectivity index (χ3n) is 2.80. The van der Waals surface area contributed by atoms with Crippen molar-refractivity contribution in [2.24, 2.45) is 10.9 Å². The summed E-state index contributed by atoms with van der Waals surface area (Å²) < 4.78 is 2.10. The van der Waals surface area contributed by atoms with Gasteiger partial charge in [-0.15, -0.1) is 11.3 Å². The van der Waals surface area contributed by atoms with Gasteiger partial charge in [0.05, 0.1) is 15.2 Å². The fourth-order valence-electron chi connectivity index (χ4n) is 1.82. The van der Waals surface area contributed by atoms with Gasteiger partial charge in [-0.2, -0.15) is 0 Å². The summed E-state index contributed by atoms with van der Waals surface area (Å²) >= 11 is 9.31. The molecule has 0 aliphatic carbocycles. The van der Waals surface area contributed by atoms with Crippen LogP contribution in [0.5, 0.6) is 0 Å². The van der Waals surface area contributed by atoms with E-state index in [-0.39, 0.29) is 5.84 Å². The molecule has 0 atom stereocenters. The number of nitrogens with zero attached hydrogens (tertiary/aromatic N) is 2. The Morgan fingerprint density at radius 2 is 2.10 bits per heavy atom. The van der Waals surface area contributed by atoms with Crippen molar-refractivity contribution in [1.29, 1.82) is 0 Å². The first-order chi connectivity index (χ1) is 10.2. The molecule has 0 amide bonds. The van der Waals surface area contributed by atoms with E-state index in [9.17, 15) is 0 Å². The number of aromatic nitrogens is 1. The van der Waals surface area contributed by atoms with Crippen LogP contribution in [0.25, 0.3) is 10.2 Å². The number of nitrogens with two attached hydrogens (primary N) is 1. The van der Waals surface area contributed by atoms with E-state index in [4.69, 9.17) is 22.5 Å². The van der Waals surface area contributed by atoms with Crippen molar-refractivity contribution >= 4 is 50.8 Å². The molecule has 0 bridgehead atoms. The monoisotopic (exact) mass is 335 g/mol. The Kier molecular flexibility index (Phi) is 4.01. The molecule has 1 heterocycles. The van der Waals surface area contributed by atoms with Crippen LogP contribution in [-0.2, 0) is 0 Å². The lowest BCUT2D eigenvalue weighted by atomic mass is 10.2. The zero-order chi connectivity index (χ0) is 14.8. The third-order valence-corrected chi connectivity index (χ3v) is 5.20. The molecule has 0 aliphatic heterocycles. The number of benzene rings is 2. The molecule has 7 heteroatoms. The van der Waals surface area contributed by atoms with Crippen molar-refractivity contribution in [2.75, 3.05) is 0 Å². The number of halogens is 1. The van der Waals surface area contributed by atoms with Crippen molar-refractivity contribution in [3.8, 4) is 0 Å². The Hall–Kier alpha value is -1.76. The highest BCUT2D eigenvalue weighted by Gasteiger charge is 2.09. The van der Waals surface area contributed by atoms with Crippen LogP contribution in [0.15, 0.2) is 56.9 Å². The van der Waals surface area contributed by atoms with Crippen LogP contribution in [0.2, 0.25) is 5.02 Å². The Balaban J connectivity index is 1.89. The van der Waals surface area contributed by atoms with Crippen LogP contribution in [0.3, 0.4) is 0 Å². The number of hydrogen-bond donors (Lipinski definition) is 2. The highest BCUT2D eigenvalue weighted by molar-refractivity contribution is 8.01. The van der Waals surface area contributed by atoms with Gasteiger partial charge in [0.2, 0.25) is 0 Å². The molecule has 0 saturated heterocycles. The van der Waals surface area contributed by atoms with E-state index in [1.807, 2.05) is 30.3 Å². The lowest BCUT2D eigenvalue weighted by molar-refractivity contribution is 0.318. The second-order valence-corrected chi connectivity index (χ2v) is 6.93. The number of hydrogen-bond acceptors (Lipinski definition) is 5. The molecule has 3 rings (SSSR count). The summed E-state index contributed by atoms with van der Waals surface area (Å²) in [4.78, 5) is 5.51. The zero-order valence-corrected chi connectivity index (χ0v) is 13.0. The molecule has 3 N–H and O–H groups in total. The summed E-state index contributed by atoms with van der Waals surface area (Å²) in [6, 6.07) is 13.4. The molecule has 21 heavy (non-hydrogen) atoms. The van der Waals surface area contributed by atoms with E-state index in [2.05, 4.69) is 10.1 Å². The zero-order valence-electron chi connectivity index (χ0n) is 10.7. The number of amidine groups is 1. The van der Waals surface area contributed by atoms with Gasteiger partial charge in [0.15, 0.2) is 10.2 Å². The minimum Gasteiger partial charge on any atom is -0.409 e. The molecule has 0 spiro atoms. The van der Waals surface area contributed by atoms with Crippen molar-refractivity contribution < 1.29 is 5.21 Å². The van der Waals surface area contributed by atoms with Crippen LogP contribution >= 0.6 is 34.7 Å². The molecule has 1 aromatic heterocycles. The van der Waals surface area contributed by atoms with Gasteiger partial charge >= 0.3 is 0 Å². The van der Waals surface area contributed by atoms with E-state index in [0.29, 0.717) is 10.6 Å². The highest BCUT2D eigenvalue weighted by Crippen LogP contribution is 2.35. The number of rotatable bonds is 3. The molecule has 2 aromatic carbocycles. The summed E-state index contributed by atoms with van der Waals surface area (Å²) in [7, 11) is 0. The molecule has 0 radical (unpaired) electrons. The van der Waals surface area contributed by atoms with E-state index >= 15 is 0 Å². The van der Waals surface area contributed by atoms with Crippen molar-refractivity contribution in [3.63, 3.8) is 0 Å². The normalized spacial score (nSPS) is 12.0. The molecule has 4 nitrogen and oxygen atoms in total. The summed E-state index contributed by atoms with van der Waals surface area (Å²) in [5.74, 6) is -0.00321. The molecular weight excluding hydrogens is 326 g/mol. The molecule has 0 unspecified atom stereocenters. The summed E-state index contributed by atoms with van der Waals surface area (Å²) in [6.45, 7) is 0. The van der Waals surface area contributed by atoms with Crippen LogP contribution in [0.4, 0.5) is 0 Å². The molecule has 0 aliphatic rings. The first-order valence-corrected chi connectivity index (χ1v) is 7.99. The fourth-order valence-corrected chi connectivity index (χ4v) is 4.24. The first-order valence-electron chi connectivity index (χ1n) is 5.98. The van der Waals surface area contributed by atoms with E-state index < -0.39 is 0 Å². The largest absolute Gasteiger partial charge is 0.409 e. The maximum Gasteiger partial charge on any atom is 0.171 e. The van der Waals surface area contributed by atoms with Gasteiger partial charge in [-0.05, 0) is 30.3 Å². The Bertz CT molecular complexity index is 799. The predicted octanol–water partition coefficient (Wildman–Crippen LogP) is 4.20. The maximum atomic E-state index is 8.69. The molecule has 0 fully saturated rings. The molecular formula is C14H10ClN3OS2. The van der Waals surface area contributed by atoms with Gasteiger partial charge in [-0.25, -0.2) is 4.98 Å². The van der Waals surface area contributed by atoms with Gasteiger partial charge in [0.25, 0.3) is 0 Å². The average molecular weight is 336 g/mol. The number of para-hydroxylation sites is 1. The standard InChI is InChI=1S/C14H10ClN3OS2/c15-10-7-8(5-6-9(10)13(16)18-19)20-14-17-11-3-1-2-4-12(11)21-14/h1-7,19H,(H2,16,18). The van der Waals surface area contributed by atoms with Crippen LogP contribution < -0.4 is 5.73 Å². The summed E-state index contributed by atoms with van der Waals surface area (Å²) in [5.41, 5.74) is 7.04. The number of thiazole rings is 1. The van der Waals surface area contributed by atoms with Crippen LogP contribution in [0.1, 0.15) is 5.56 Å². The van der Waals surface area contributed by atoms with E-state index in [1.165, 1.54) is 11.8 Å².